The van der Waals surface area contributed by atoms with Crippen molar-refractivity contribution in [1.82, 2.24) is 0 Å². The molecular formula is C9H12N2O. The maximum atomic E-state index is 9.44. The summed E-state index contributed by atoms with van der Waals surface area (Å²) in [6.45, 7) is 0.605. The summed E-state index contributed by atoms with van der Waals surface area (Å²) in [5.41, 5.74) is 7.53. The Kier molecular flexibility index (Phi) is 1.66. The molecule has 0 saturated heterocycles. The number of para-hydroxylation sites is 1. The average molecular weight is 164 g/mol. The summed E-state index contributed by atoms with van der Waals surface area (Å²) >= 11 is 0. The van der Waals surface area contributed by atoms with Gasteiger partial charge in [-0.2, -0.15) is 0 Å². The molecule has 0 aromatic heterocycles. The molecule has 0 amide bonds. The lowest BCUT2D eigenvalue weighted by molar-refractivity contribution is 0.477. The highest BCUT2D eigenvalue weighted by Crippen LogP contribution is 2.33. The maximum absolute atomic E-state index is 9.44. The van der Waals surface area contributed by atoms with Gasteiger partial charge in [0.15, 0.2) is 0 Å². The lowest BCUT2D eigenvalue weighted by atomic mass is 10.1. The first kappa shape index (κ1) is 7.43. The summed E-state index contributed by atoms with van der Waals surface area (Å²) in [5.74, 6) is 0.323. The van der Waals surface area contributed by atoms with Gasteiger partial charge in [0.05, 0.1) is 5.69 Å². The molecule has 1 aromatic rings. The summed E-state index contributed by atoms with van der Waals surface area (Å²) in [5, 5.41) is 12.6. The van der Waals surface area contributed by atoms with Crippen molar-refractivity contribution in [3.63, 3.8) is 0 Å². The zero-order valence-corrected chi connectivity index (χ0v) is 6.75. The lowest BCUT2D eigenvalue weighted by Crippen LogP contribution is -2.25. The summed E-state index contributed by atoms with van der Waals surface area (Å²) in [6.07, 6.45) is 0.917. The molecule has 0 bridgehead atoms. The third-order valence-electron chi connectivity index (χ3n) is 2.23. The van der Waals surface area contributed by atoms with Crippen LogP contribution < -0.4 is 11.1 Å². The van der Waals surface area contributed by atoms with Gasteiger partial charge in [0.25, 0.3) is 0 Å². The monoisotopic (exact) mass is 164 g/mol. The first-order chi connectivity index (χ1) is 5.81. The predicted molar refractivity (Wildman–Crippen MR) is 48.3 cm³/mol. The number of benzene rings is 1. The standard InChI is InChI=1S/C9H12N2O/c10-5-7-4-6-2-1-3-8(12)9(6)11-7/h1-3,7,11-12H,4-5,10H2. The van der Waals surface area contributed by atoms with Crippen molar-refractivity contribution in [2.24, 2.45) is 5.73 Å². The van der Waals surface area contributed by atoms with E-state index in [1.807, 2.05) is 12.1 Å². The van der Waals surface area contributed by atoms with Crippen LogP contribution in [0.3, 0.4) is 0 Å². The molecule has 1 aromatic carbocycles. The van der Waals surface area contributed by atoms with Crippen LogP contribution in [0.25, 0.3) is 0 Å². The zero-order chi connectivity index (χ0) is 8.55. The number of anilines is 1. The Morgan fingerprint density at radius 1 is 1.58 bits per heavy atom. The Hall–Kier alpha value is -1.22. The number of aromatic hydroxyl groups is 1. The third kappa shape index (κ3) is 1.02. The van der Waals surface area contributed by atoms with Gasteiger partial charge in [-0.25, -0.2) is 0 Å². The number of phenols is 1. The number of rotatable bonds is 1. The summed E-state index contributed by atoms with van der Waals surface area (Å²) < 4.78 is 0. The van der Waals surface area contributed by atoms with Gasteiger partial charge in [0.1, 0.15) is 5.75 Å². The highest BCUT2D eigenvalue weighted by molar-refractivity contribution is 5.65. The Labute approximate surface area is 71.2 Å². The van der Waals surface area contributed by atoms with Crippen LogP contribution in [0, 0.1) is 0 Å². The van der Waals surface area contributed by atoms with E-state index in [1.54, 1.807) is 6.07 Å². The number of phenolic OH excluding ortho intramolecular Hbond substituents is 1. The van der Waals surface area contributed by atoms with Crippen LogP contribution in [0.2, 0.25) is 0 Å². The van der Waals surface area contributed by atoms with Crippen LogP contribution in [0.1, 0.15) is 5.56 Å². The summed E-state index contributed by atoms with van der Waals surface area (Å²) in [6, 6.07) is 5.84. The Balaban J connectivity index is 2.35. The molecule has 1 aliphatic rings. The van der Waals surface area contributed by atoms with Crippen molar-refractivity contribution in [3.8, 4) is 5.75 Å². The van der Waals surface area contributed by atoms with Gasteiger partial charge >= 0.3 is 0 Å². The van der Waals surface area contributed by atoms with Crippen molar-refractivity contribution >= 4 is 5.69 Å². The smallest absolute Gasteiger partial charge is 0.138 e. The molecule has 0 spiro atoms. The van der Waals surface area contributed by atoms with E-state index in [2.05, 4.69) is 5.32 Å². The van der Waals surface area contributed by atoms with Gasteiger partial charge in [0, 0.05) is 12.6 Å². The van der Waals surface area contributed by atoms with Crippen LogP contribution in [0.4, 0.5) is 5.69 Å². The first-order valence-electron chi connectivity index (χ1n) is 4.08. The first-order valence-corrected chi connectivity index (χ1v) is 4.08. The molecule has 0 radical (unpaired) electrons. The van der Waals surface area contributed by atoms with E-state index in [9.17, 15) is 5.11 Å². The molecule has 1 aliphatic heterocycles. The van der Waals surface area contributed by atoms with Gasteiger partial charge in [0.2, 0.25) is 0 Å². The maximum Gasteiger partial charge on any atom is 0.138 e. The Morgan fingerprint density at radius 3 is 3.08 bits per heavy atom. The minimum absolute atomic E-state index is 0.285. The second kappa shape index (κ2) is 2.68. The minimum Gasteiger partial charge on any atom is -0.506 e. The van der Waals surface area contributed by atoms with E-state index >= 15 is 0 Å². The zero-order valence-electron chi connectivity index (χ0n) is 6.75. The van der Waals surface area contributed by atoms with Gasteiger partial charge < -0.3 is 16.2 Å². The number of nitrogens with one attached hydrogen (secondary N) is 1. The lowest BCUT2D eigenvalue weighted by Gasteiger charge is -2.06. The average Bonchev–Trinajstić information content (AvgIpc) is 2.49. The normalized spacial score (nSPS) is 20.2. The van der Waals surface area contributed by atoms with E-state index < -0.39 is 0 Å². The second-order valence-corrected chi connectivity index (χ2v) is 3.09. The second-order valence-electron chi connectivity index (χ2n) is 3.09. The molecule has 3 nitrogen and oxygen atoms in total. The van der Waals surface area contributed by atoms with E-state index in [0.717, 1.165) is 17.7 Å². The van der Waals surface area contributed by atoms with Gasteiger partial charge in [-0.3, -0.25) is 0 Å². The minimum atomic E-state index is 0.285. The molecular weight excluding hydrogens is 152 g/mol. The van der Waals surface area contributed by atoms with E-state index in [4.69, 9.17) is 5.73 Å². The molecule has 1 atom stereocenters. The third-order valence-corrected chi connectivity index (χ3v) is 2.23. The Bertz CT molecular complexity index is 299. The van der Waals surface area contributed by atoms with Crippen molar-refractivity contribution in [1.29, 1.82) is 0 Å². The molecule has 12 heavy (non-hydrogen) atoms. The molecule has 0 saturated carbocycles. The topological polar surface area (TPSA) is 58.3 Å². The fraction of sp³-hybridized carbons (Fsp3) is 0.333. The quantitative estimate of drug-likeness (QED) is 0.535. The number of hydrogen-bond acceptors (Lipinski definition) is 3. The van der Waals surface area contributed by atoms with Crippen LogP contribution >= 0.6 is 0 Å². The van der Waals surface area contributed by atoms with Crippen LogP contribution in [-0.4, -0.2) is 17.7 Å². The SMILES string of the molecule is NCC1Cc2cccc(O)c2N1. The molecule has 0 fully saturated rings. The van der Waals surface area contributed by atoms with Crippen LogP contribution in [0.5, 0.6) is 5.75 Å². The Morgan fingerprint density at radius 2 is 2.42 bits per heavy atom. The van der Waals surface area contributed by atoms with Crippen LogP contribution in [-0.2, 0) is 6.42 Å². The highest BCUT2D eigenvalue weighted by atomic mass is 16.3. The van der Waals surface area contributed by atoms with E-state index in [1.165, 1.54) is 0 Å². The summed E-state index contributed by atoms with van der Waals surface area (Å²) in [4.78, 5) is 0. The van der Waals surface area contributed by atoms with Crippen LogP contribution in [0.15, 0.2) is 18.2 Å². The van der Waals surface area contributed by atoms with E-state index in [-0.39, 0.29) is 6.04 Å². The molecule has 64 valence electrons. The molecule has 4 N–H and O–H groups in total. The highest BCUT2D eigenvalue weighted by Gasteiger charge is 2.20. The molecule has 1 unspecified atom stereocenters. The molecule has 3 heteroatoms. The van der Waals surface area contributed by atoms with Crippen molar-refractivity contribution < 1.29 is 5.11 Å². The van der Waals surface area contributed by atoms with Crippen molar-refractivity contribution in [2.75, 3.05) is 11.9 Å². The number of nitrogens with two attached hydrogens (primary N) is 1. The number of hydrogen-bond donors (Lipinski definition) is 3. The largest absolute Gasteiger partial charge is 0.506 e. The molecule has 0 aliphatic carbocycles. The van der Waals surface area contributed by atoms with Crippen molar-refractivity contribution in [3.05, 3.63) is 23.8 Å². The van der Waals surface area contributed by atoms with E-state index in [0.29, 0.717) is 12.3 Å². The summed E-state index contributed by atoms with van der Waals surface area (Å²) in [7, 11) is 0. The fourth-order valence-corrected chi connectivity index (χ4v) is 1.59. The molecule has 2 rings (SSSR count). The van der Waals surface area contributed by atoms with Gasteiger partial charge in [-0.05, 0) is 18.1 Å². The number of fused-ring (bicyclic) bond motifs is 1. The molecule has 1 heterocycles. The van der Waals surface area contributed by atoms with Gasteiger partial charge in [-0.1, -0.05) is 12.1 Å². The fourth-order valence-electron chi connectivity index (χ4n) is 1.59. The van der Waals surface area contributed by atoms with Gasteiger partial charge in [-0.15, -0.1) is 0 Å². The van der Waals surface area contributed by atoms with Crippen molar-refractivity contribution in [2.45, 2.75) is 12.5 Å². The predicted octanol–water partition coefficient (Wildman–Crippen LogP) is 0.687.